The second-order valence-corrected chi connectivity index (χ2v) is 11.0. The summed E-state index contributed by atoms with van der Waals surface area (Å²) in [4.78, 5) is 28.3. The molecule has 4 aliphatic rings. The van der Waals surface area contributed by atoms with Gasteiger partial charge >= 0.3 is 0 Å². The van der Waals surface area contributed by atoms with Crippen LogP contribution in [0, 0.1) is 18.2 Å². The third-order valence-electron chi connectivity index (χ3n) is 8.43. The van der Waals surface area contributed by atoms with Crippen molar-refractivity contribution < 1.29 is 18.7 Å². The number of nitrogens with one attached hydrogen (secondary N) is 1. The van der Waals surface area contributed by atoms with Gasteiger partial charge in [-0.15, -0.1) is 0 Å². The monoisotopic (exact) mass is 498 g/mol. The molecule has 4 fully saturated rings. The first kappa shape index (κ1) is 24.1. The highest BCUT2D eigenvalue weighted by atomic mass is 35.5. The summed E-state index contributed by atoms with van der Waals surface area (Å²) < 4.78 is 19.2. The fourth-order valence-corrected chi connectivity index (χ4v) is 6.25. The smallest absolute Gasteiger partial charge is 0.258 e. The third-order valence-corrected chi connectivity index (χ3v) is 8.69. The van der Waals surface area contributed by atoms with Crippen LogP contribution in [0.25, 0.3) is 0 Å². The summed E-state index contributed by atoms with van der Waals surface area (Å²) in [5, 5.41) is 3.91. The molecular weight excluding hydrogens is 467 g/mol. The molecule has 0 radical (unpaired) electrons. The number of rotatable bonds is 6. The van der Waals surface area contributed by atoms with Crippen molar-refractivity contribution in [2.45, 2.75) is 63.3 Å². The number of nitrogens with zero attached hydrogens (tertiary/aromatic N) is 1. The molecule has 186 valence electrons. The zero-order valence-electron chi connectivity index (χ0n) is 20.1. The van der Waals surface area contributed by atoms with Gasteiger partial charge in [-0.05, 0) is 81.2 Å². The van der Waals surface area contributed by atoms with Gasteiger partial charge < -0.3 is 15.0 Å². The Morgan fingerprint density at radius 1 is 1.09 bits per heavy atom. The Morgan fingerprint density at radius 3 is 2.43 bits per heavy atom. The van der Waals surface area contributed by atoms with Gasteiger partial charge in [0, 0.05) is 41.1 Å². The number of halogens is 2. The molecule has 1 N–H and O–H groups in total. The minimum absolute atomic E-state index is 0.145. The number of hydrogen-bond acceptors (Lipinski definition) is 3. The number of carbonyl (C=O) groups excluding carboxylic acids is 2. The lowest BCUT2D eigenvalue weighted by atomic mass is 9.56. The predicted octanol–water partition coefficient (Wildman–Crippen LogP) is 5.39. The number of amides is 2. The Morgan fingerprint density at radius 2 is 1.77 bits per heavy atom. The fraction of sp³-hybridized carbons (Fsp3) is 0.500. The van der Waals surface area contributed by atoms with Crippen LogP contribution in [0.4, 0.5) is 4.39 Å². The van der Waals surface area contributed by atoms with Crippen molar-refractivity contribution in [1.82, 2.24) is 10.2 Å². The number of ether oxygens (including phenoxy) is 1. The molecule has 1 unspecified atom stereocenters. The van der Waals surface area contributed by atoms with Crippen LogP contribution in [-0.4, -0.2) is 41.9 Å². The van der Waals surface area contributed by atoms with Crippen molar-refractivity contribution in [3.63, 3.8) is 0 Å². The summed E-state index contributed by atoms with van der Waals surface area (Å²) in [5.74, 6) is 0.454. The molecule has 2 aromatic carbocycles. The Balaban J connectivity index is 1.14. The first-order chi connectivity index (χ1) is 16.8. The van der Waals surface area contributed by atoms with E-state index in [0.717, 1.165) is 63.1 Å². The number of carbonyl (C=O) groups is 2. The molecule has 1 saturated heterocycles. The Bertz CT molecular complexity index is 1100. The van der Waals surface area contributed by atoms with Gasteiger partial charge in [-0.25, -0.2) is 4.39 Å². The lowest BCUT2D eigenvalue weighted by Crippen LogP contribution is -2.60. The molecular formula is C28H32ClFN2O3. The van der Waals surface area contributed by atoms with Crippen LogP contribution in [0.5, 0.6) is 5.75 Å². The minimum atomic E-state index is -0.348. The van der Waals surface area contributed by atoms with E-state index in [1.165, 1.54) is 11.6 Å². The maximum atomic E-state index is 13.7. The summed E-state index contributed by atoms with van der Waals surface area (Å²) in [6.45, 7) is 3.10. The highest BCUT2D eigenvalue weighted by Gasteiger charge is 2.54. The van der Waals surface area contributed by atoms with Gasteiger partial charge in [0.2, 0.25) is 5.91 Å². The zero-order chi connectivity index (χ0) is 24.6. The van der Waals surface area contributed by atoms with Gasteiger partial charge in [0.1, 0.15) is 11.6 Å². The second kappa shape index (κ2) is 9.45. The van der Waals surface area contributed by atoms with Crippen LogP contribution in [0.3, 0.4) is 0 Å². The largest absolute Gasteiger partial charge is 0.484 e. The van der Waals surface area contributed by atoms with E-state index in [2.05, 4.69) is 22.3 Å². The molecule has 7 heteroatoms. The molecule has 2 bridgehead atoms. The van der Waals surface area contributed by atoms with Gasteiger partial charge in [-0.1, -0.05) is 29.8 Å². The van der Waals surface area contributed by atoms with E-state index in [9.17, 15) is 14.0 Å². The van der Waals surface area contributed by atoms with E-state index in [1.54, 1.807) is 19.1 Å². The molecule has 3 aliphatic carbocycles. The zero-order valence-corrected chi connectivity index (χ0v) is 20.9. The summed E-state index contributed by atoms with van der Waals surface area (Å²) in [6.07, 6.45) is 5.80. The quantitative estimate of drug-likeness (QED) is 0.580. The van der Waals surface area contributed by atoms with Crippen LogP contribution in [0.2, 0.25) is 5.02 Å². The van der Waals surface area contributed by atoms with Crippen molar-refractivity contribution in [3.8, 4) is 5.75 Å². The van der Waals surface area contributed by atoms with Crippen LogP contribution in [0.15, 0.2) is 42.5 Å². The maximum absolute atomic E-state index is 13.7. The Kier molecular flexibility index (Phi) is 6.51. The van der Waals surface area contributed by atoms with Gasteiger partial charge in [0.05, 0.1) is 0 Å². The average Bonchev–Trinajstić information content (AvgIpc) is 3.36. The predicted molar refractivity (Wildman–Crippen MR) is 133 cm³/mol. The van der Waals surface area contributed by atoms with E-state index in [4.69, 9.17) is 16.3 Å². The van der Waals surface area contributed by atoms with Crippen LogP contribution in [-0.2, 0) is 9.59 Å². The maximum Gasteiger partial charge on any atom is 0.258 e. The molecule has 6 rings (SSSR count). The van der Waals surface area contributed by atoms with E-state index in [1.807, 2.05) is 12.1 Å². The van der Waals surface area contributed by atoms with Crippen LogP contribution >= 0.6 is 11.6 Å². The van der Waals surface area contributed by atoms with Gasteiger partial charge in [0.15, 0.2) is 6.61 Å². The lowest BCUT2D eigenvalue weighted by Gasteiger charge is -2.53. The molecule has 5 nitrogen and oxygen atoms in total. The number of benzene rings is 2. The lowest BCUT2D eigenvalue weighted by molar-refractivity contribution is -0.149. The Labute approximate surface area is 211 Å². The summed E-state index contributed by atoms with van der Waals surface area (Å²) in [7, 11) is 0. The standard InChI is InChI=1S/C28H32ClFN2O3/c1-19-2-7-23(16-24(19)30)35-18-25(33)31-28-12-9-27(10-13-28,11-14-28)26(34)32-15-8-21(17-32)20-3-5-22(29)6-4-20/h2-7,16,21H,8-15,17-18H2,1H3,(H,31,33). The number of fused-ring (bicyclic) bond motifs is 3. The SMILES string of the molecule is Cc1ccc(OCC(=O)NC23CCC(C(=O)N4CCC(c5ccc(Cl)cc5)C4)(CC2)CC3)cc1F. The van der Waals surface area contributed by atoms with Crippen molar-refractivity contribution in [3.05, 3.63) is 64.4 Å². The van der Waals surface area contributed by atoms with E-state index >= 15 is 0 Å². The highest BCUT2D eigenvalue weighted by Crippen LogP contribution is 2.53. The first-order valence-electron chi connectivity index (χ1n) is 12.5. The van der Waals surface area contributed by atoms with Crippen molar-refractivity contribution in [1.29, 1.82) is 0 Å². The topological polar surface area (TPSA) is 58.6 Å². The number of likely N-dealkylation sites (tertiary alicyclic amines) is 1. The van der Waals surface area contributed by atoms with Gasteiger partial charge in [-0.2, -0.15) is 0 Å². The minimum Gasteiger partial charge on any atom is -0.484 e. The summed E-state index contributed by atoms with van der Waals surface area (Å²) in [5.41, 5.74) is 1.22. The fourth-order valence-electron chi connectivity index (χ4n) is 6.13. The molecule has 0 aromatic heterocycles. The van der Waals surface area contributed by atoms with Crippen molar-refractivity contribution >= 4 is 23.4 Å². The molecule has 3 saturated carbocycles. The van der Waals surface area contributed by atoms with Crippen LogP contribution < -0.4 is 10.1 Å². The van der Waals surface area contributed by atoms with Crippen molar-refractivity contribution in [2.24, 2.45) is 5.41 Å². The van der Waals surface area contributed by atoms with Gasteiger partial charge in [-0.3, -0.25) is 9.59 Å². The normalized spacial score (nSPS) is 27.6. The molecule has 2 amide bonds. The van der Waals surface area contributed by atoms with E-state index in [-0.39, 0.29) is 29.3 Å². The molecule has 0 spiro atoms. The molecule has 1 aliphatic heterocycles. The Hall–Kier alpha value is -2.60. The molecule has 35 heavy (non-hydrogen) atoms. The molecule has 1 heterocycles. The third kappa shape index (κ3) is 4.90. The summed E-state index contributed by atoms with van der Waals surface area (Å²) in [6, 6.07) is 12.6. The number of aryl methyl sites for hydroxylation is 1. The first-order valence-corrected chi connectivity index (χ1v) is 12.9. The van der Waals surface area contributed by atoms with E-state index in [0.29, 0.717) is 23.1 Å². The van der Waals surface area contributed by atoms with Crippen LogP contribution in [0.1, 0.15) is 62.0 Å². The summed E-state index contributed by atoms with van der Waals surface area (Å²) >= 11 is 6.03. The molecule has 2 aromatic rings. The number of hydrogen-bond donors (Lipinski definition) is 1. The average molecular weight is 499 g/mol. The van der Waals surface area contributed by atoms with Crippen molar-refractivity contribution in [2.75, 3.05) is 19.7 Å². The van der Waals surface area contributed by atoms with Gasteiger partial charge in [0.25, 0.3) is 5.91 Å². The molecule has 1 atom stereocenters. The van der Waals surface area contributed by atoms with E-state index < -0.39 is 0 Å². The second-order valence-electron chi connectivity index (χ2n) is 10.6. The highest BCUT2D eigenvalue weighted by molar-refractivity contribution is 6.30.